The highest BCUT2D eigenvalue weighted by molar-refractivity contribution is 7.89. The van der Waals surface area contributed by atoms with Gasteiger partial charge >= 0.3 is 0 Å². The summed E-state index contributed by atoms with van der Waals surface area (Å²) in [5.74, 6) is -0.757. The molecule has 12 heteroatoms. The number of carbonyl (C=O) groups is 1. The Morgan fingerprint density at radius 1 is 1.00 bits per heavy atom. The minimum absolute atomic E-state index is 0.0276. The van der Waals surface area contributed by atoms with Crippen LogP contribution >= 0.6 is 0 Å². The van der Waals surface area contributed by atoms with Gasteiger partial charge in [0, 0.05) is 18.7 Å². The number of nitro benzene ring substituents is 2. The lowest BCUT2D eigenvalue weighted by Gasteiger charge is -2.06. The molecule has 2 aromatic rings. The van der Waals surface area contributed by atoms with Crippen LogP contribution in [0, 0.1) is 20.2 Å². The number of nitrogens with one attached hydrogen (secondary N) is 1. The monoisotopic (exact) mass is 380 g/mol. The van der Waals surface area contributed by atoms with E-state index >= 15 is 0 Å². The van der Waals surface area contributed by atoms with E-state index in [-0.39, 0.29) is 17.0 Å². The van der Waals surface area contributed by atoms with Crippen molar-refractivity contribution in [3.8, 4) is 0 Å². The van der Waals surface area contributed by atoms with Crippen LogP contribution in [0.1, 0.15) is 15.9 Å². The third kappa shape index (κ3) is 4.58. The number of hydrogen-bond donors (Lipinski definition) is 2. The molecule has 0 saturated heterocycles. The molecular formula is C14H12N4O7S. The molecule has 2 aromatic carbocycles. The Kier molecular flexibility index (Phi) is 5.28. The molecule has 0 bridgehead atoms. The number of rotatable bonds is 6. The molecule has 136 valence electrons. The zero-order valence-electron chi connectivity index (χ0n) is 13.0. The van der Waals surface area contributed by atoms with Gasteiger partial charge in [-0.1, -0.05) is 12.1 Å². The van der Waals surface area contributed by atoms with Gasteiger partial charge in [0.1, 0.15) is 0 Å². The summed E-state index contributed by atoms with van der Waals surface area (Å²) in [4.78, 5) is 32.0. The lowest BCUT2D eigenvalue weighted by molar-refractivity contribution is -0.394. The van der Waals surface area contributed by atoms with Crippen molar-refractivity contribution in [2.75, 3.05) is 0 Å². The number of non-ortho nitro benzene ring substituents is 2. The fourth-order valence-corrected chi connectivity index (χ4v) is 2.53. The van der Waals surface area contributed by atoms with E-state index in [1.807, 2.05) is 0 Å². The van der Waals surface area contributed by atoms with Crippen molar-refractivity contribution in [1.29, 1.82) is 0 Å². The molecule has 0 spiro atoms. The summed E-state index contributed by atoms with van der Waals surface area (Å²) in [6.07, 6.45) is 0. The highest BCUT2D eigenvalue weighted by atomic mass is 32.2. The molecule has 3 N–H and O–H groups in total. The smallest absolute Gasteiger partial charge is 0.277 e. The molecule has 0 aliphatic heterocycles. The van der Waals surface area contributed by atoms with Crippen molar-refractivity contribution >= 4 is 27.3 Å². The molecule has 0 aromatic heterocycles. The van der Waals surface area contributed by atoms with Crippen LogP contribution in [-0.2, 0) is 16.6 Å². The van der Waals surface area contributed by atoms with E-state index in [1.54, 1.807) is 0 Å². The summed E-state index contributed by atoms with van der Waals surface area (Å²) in [7, 11) is -3.83. The molecule has 11 nitrogen and oxygen atoms in total. The Balaban J connectivity index is 2.17. The van der Waals surface area contributed by atoms with E-state index in [0.717, 1.165) is 18.2 Å². The van der Waals surface area contributed by atoms with Crippen LogP contribution in [0.3, 0.4) is 0 Å². The van der Waals surface area contributed by atoms with E-state index in [2.05, 4.69) is 5.32 Å². The second kappa shape index (κ2) is 7.25. The largest absolute Gasteiger partial charge is 0.348 e. The van der Waals surface area contributed by atoms with Gasteiger partial charge in [-0.15, -0.1) is 0 Å². The number of nitrogens with zero attached hydrogens (tertiary/aromatic N) is 2. The number of hydrogen-bond acceptors (Lipinski definition) is 7. The van der Waals surface area contributed by atoms with Gasteiger partial charge in [-0.05, 0) is 17.7 Å². The van der Waals surface area contributed by atoms with Crippen LogP contribution in [-0.4, -0.2) is 24.2 Å². The van der Waals surface area contributed by atoms with E-state index in [4.69, 9.17) is 5.14 Å². The van der Waals surface area contributed by atoms with Crippen LogP contribution in [0.15, 0.2) is 47.4 Å². The van der Waals surface area contributed by atoms with Gasteiger partial charge in [-0.25, -0.2) is 13.6 Å². The van der Waals surface area contributed by atoms with Gasteiger partial charge < -0.3 is 5.32 Å². The first-order valence-corrected chi connectivity index (χ1v) is 8.46. The molecule has 2 rings (SSSR count). The summed E-state index contributed by atoms with van der Waals surface area (Å²) >= 11 is 0. The van der Waals surface area contributed by atoms with Crippen LogP contribution in [0.2, 0.25) is 0 Å². The van der Waals surface area contributed by atoms with Crippen molar-refractivity contribution in [1.82, 2.24) is 5.32 Å². The maximum Gasteiger partial charge on any atom is 0.277 e. The highest BCUT2D eigenvalue weighted by Crippen LogP contribution is 2.22. The zero-order chi connectivity index (χ0) is 19.5. The number of carbonyl (C=O) groups excluding carboxylic acids is 1. The number of nitrogens with two attached hydrogens (primary N) is 1. The standard InChI is InChI=1S/C14H12N4O7S/c15-26(24,25)13-3-1-9(2-4-13)8-16-14(19)10-5-11(17(20)21)7-12(6-10)18(22)23/h1-7H,8H2,(H,16,19)(H2,15,24,25). The van der Waals surface area contributed by atoms with Gasteiger partial charge in [-0.2, -0.15) is 0 Å². The number of nitro groups is 2. The molecule has 0 saturated carbocycles. The van der Waals surface area contributed by atoms with Crippen molar-refractivity contribution in [2.45, 2.75) is 11.4 Å². The minimum atomic E-state index is -3.83. The quantitative estimate of drug-likeness (QED) is 0.556. The lowest BCUT2D eigenvalue weighted by atomic mass is 10.1. The molecule has 0 unspecified atom stereocenters. The predicted molar refractivity (Wildman–Crippen MR) is 88.7 cm³/mol. The topological polar surface area (TPSA) is 176 Å². The Morgan fingerprint density at radius 3 is 1.92 bits per heavy atom. The normalized spacial score (nSPS) is 11.0. The highest BCUT2D eigenvalue weighted by Gasteiger charge is 2.19. The predicted octanol–water partition coefficient (Wildman–Crippen LogP) is 1.08. The fourth-order valence-electron chi connectivity index (χ4n) is 2.02. The summed E-state index contributed by atoms with van der Waals surface area (Å²) in [6.45, 7) is -0.0276. The van der Waals surface area contributed by atoms with Gasteiger partial charge in [0.05, 0.1) is 26.4 Å². The van der Waals surface area contributed by atoms with E-state index in [1.165, 1.54) is 24.3 Å². The average Bonchev–Trinajstić information content (AvgIpc) is 2.58. The third-order valence-electron chi connectivity index (χ3n) is 3.29. The second-order valence-electron chi connectivity index (χ2n) is 5.12. The molecule has 0 fully saturated rings. The van der Waals surface area contributed by atoms with Crippen LogP contribution in [0.4, 0.5) is 11.4 Å². The van der Waals surface area contributed by atoms with E-state index < -0.39 is 37.2 Å². The summed E-state index contributed by atoms with van der Waals surface area (Å²) < 4.78 is 22.3. The molecule has 26 heavy (non-hydrogen) atoms. The van der Waals surface area contributed by atoms with Crippen LogP contribution < -0.4 is 10.5 Å². The van der Waals surface area contributed by atoms with E-state index in [0.29, 0.717) is 5.56 Å². The zero-order valence-corrected chi connectivity index (χ0v) is 13.8. The second-order valence-corrected chi connectivity index (χ2v) is 6.69. The van der Waals surface area contributed by atoms with E-state index in [9.17, 15) is 33.4 Å². The Hall–Kier alpha value is -3.38. The molecule has 0 heterocycles. The first kappa shape index (κ1) is 19.0. The SMILES string of the molecule is NS(=O)(=O)c1ccc(CNC(=O)c2cc([N+](=O)[O-])cc([N+](=O)[O-])c2)cc1. The molecular weight excluding hydrogens is 368 g/mol. The van der Waals surface area contributed by atoms with Gasteiger partial charge in [-0.3, -0.25) is 25.0 Å². The summed E-state index contributed by atoms with van der Waals surface area (Å²) in [5, 5.41) is 29.1. The molecule has 0 aliphatic rings. The van der Waals surface area contributed by atoms with Crippen molar-refractivity contribution < 1.29 is 23.1 Å². The number of benzene rings is 2. The maximum absolute atomic E-state index is 12.1. The van der Waals surface area contributed by atoms with Crippen LogP contribution in [0.5, 0.6) is 0 Å². The number of sulfonamides is 1. The lowest BCUT2D eigenvalue weighted by Crippen LogP contribution is -2.23. The van der Waals surface area contributed by atoms with Crippen molar-refractivity contribution in [3.63, 3.8) is 0 Å². The number of amides is 1. The van der Waals surface area contributed by atoms with Crippen molar-refractivity contribution in [3.05, 3.63) is 73.8 Å². The first-order chi connectivity index (χ1) is 12.1. The third-order valence-corrected chi connectivity index (χ3v) is 4.22. The van der Waals surface area contributed by atoms with Gasteiger partial charge in [0.15, 0.2) is 0 Å². The van der Waals surface area contributed by atoms with Gasteiger partial charge in [0.25, 0.3) is 17.3 Å². The number of primary sulfonamides is 1. The first-order valence-electron chi connectivity index (χ1n) is 6.92. The van der Waals surface area contributed by atoms with Gasteiger partial charge in [0.2, 0.25) is 10.0 Å². The Morgan fingerprint density at radius 2 is 1.50 bits per heavy atom. The van der Waals surface area contributed by atoms with Crippen LogP contribution in [0.25, 0.3) is 0 Å². The molecule has 1 amide bonds. The molecule has 0 radical (unpaired) electrons. The summed E-state index contributed by atoms with van der Waals surface area (Å²) in [5.41, 5.74) is -0.874. The maximum atomic E-state index is 12.1. The fraction of sp³-hybridized carbons (Fsp3) is 0.0714. The summed E-state index contributed by atoms with van der Waals surface area (Å²) in [6, 6.07) is 7.97. The van der Waals surface area contributed by atoms with Crippen molar-refractivity contribution in [2.24, 2.45) is 5.14 Å². The Bertz CT molecular complexity index is 955. The molecule has 0 aliphatic carbocycles. The average molecular weight is 380 g/mol. The minimum Gasteiger partial charge on any atom is -0.348 e. The Labute approximate surface area is 146 Å². The molecule has 0 atom stereocenters.